The van der Waals surface area contributed by atoms with Gasteiger partial charge >= 0.3 is 0 Å². The summed E-state index contributed by atoms with van der Waals surface area (Å²) in [7, 11) is 0. The molecule has 2 unspecified atom stereocenters. The first-order valence-electron chi connectivity index (χ1n) is 5.92. The van der Waals surface area contributed by atoms with Crippen molar-refractivity contribution in [2.75, 3.05) is 31.9 Å². The molecule has 1 N–H and O–H groups in total. The standard InChI is InChI=1S/C11H22N2S/c1-10-8-13(6-7-14-10)9-11-4-2-3-5-12-11/h10-12H,2-9H2,1H3. The van der Waals surface area contributed by atoms with Gasteiger partial charge in [0.1, 0.15) is 0 Å². The third kappa shape index (κ3) is 3.14. The van der Waals surface area contributed by atoms with Gasteiger partial charge < -0.3 is 5.32 Å². The molecule has 0 aromatic rings. The van der Waals surface area contributed by atoms with Crippen LogP contribution in [0.5, 0.6) is 0 Å². The van der Waals surface area contributed by atoms with E-state index in [0.717, 1.165) is 11.3 Å². The van der Waals surface area contributed by atoms with Gasteiger partial charge in [-0.15, -0.1) is 0 Å². The number of nitrogens with one attached hydrogen (secondary N) is 1. The van der Waals surface area contributed by atoms with E-state index in [0.29, 0.717) is 0 Å². The molecule has 2 aliphatic rings. The Labute approximate surface area is 91.8 Å². The molecule has 0 aromatic carbocycles. The third-order valence-electron chi connectivity index (χ3n) is 3.22. The maximum absolute atomic E-state index is 3.63. The summed E-state index contributed by atoms with van der Waals surface area (Å²) in [5.74, 6) is 1.33. The smallest absolute Gasteiger partial charge is 0.0195 e. The summed E-state index contributed by atoms with van der Waals surface area (Å²) in [4.78, 5) is 2.64. The first-order valence-corrected chi connectivity index (χ1v) is 6.97. The fourth-order valence-corrected chi connectivity index (χ4v) is 3.53. The van der Waals surface area contributed by atoms with Crippen molar-refractivity contribution in [1.82, 2.24) is 10.2 Å². The van der Waals surface area contributed by atoms with Crippen LogP contribution in [0.3, 0.4) is 0 Å². The first kappa shape index (κ1) is 10.8. The predicted molar refractivity (Wildman–Crippen MR) is 64.0 cm³/mol. The molecule has 0 aromatic heterocycles. The summed E-state index contributed by atoms with van der Waals surface area (Å²) < 4.78 is 0. The minimum Gasteiger partial charge on any atom is -0.313 e. The number of thioether (sulfide) groups is 1. The molecule has 0 spiro atoms. The van der Waals surface area contributed by atoms with Gasteiger partial charge in [0, 0.05) is 36.7 Å². The van der Waals surface area contributed by atoms with Crippen molar-refractivity contribution in [3.05, 3.63) is 0 Å². The lowest BCUT2D eigenvalue weighted by molar-refractivity contribution is 0.232. The van der Waals surface area contributed by atoms with Crippen LogP contribution in [0.4, 0.5) is 0 Å². The highest BCUT2D eigenvalue weighted by Gasteiger charge is 2.20. The van der Waals surface area contributed by atoms with Crippen molar-refractivity contribution >= 4 is 11.8 Å². The zero-order chi connectivity index (χ0) is 9.80. The molecule has 2 atom stereocenters. The number of piperidine rings is 1. The minimum atomic E-state index is 0.777. The van der Waals surface area contributed by atoms with Gasteiger partial charge in [-0.05, 0) is 19.4 Å². The molecule has 0 saturated carbocycles. The molecule has 3 heteroatoms. The van der Waals surface area contributed by atoms with Crippen LogP contribution in [0.1, 0.15) is 26.2 Å². The normalized spacial score (nSPS) is 35.8. The quantitative estimate of drug-likeness (QED) is 0.751. The predicted octanol–water partition coefficient (Wildman–Crippen LogP) is 1.57. The molecule has 0 aliphatic carbocycles. The average molecular weight is 214 g/mol. The molecule has 82 valence electrons. The second-order valence-electron chi connectivity index (χ2n) is 4.59. The van der Waals surface area contributed by atoms with Crippen LogP contribution in [-0.4, -0.2) is 48.1 Å². The van der Waals surface area contributed by atoms with Crippen LogP contribution in [-0.2, 0) is 0 Å². The minimum absolute atomic E-state index is 0.777. The van der Waals surface area contributed by atoms with Gasteiger partial charge in [0.15, 0.2) is 0 Å². The maximum Gasteiger partial charge on any atom is 0.0195 e. The largest absolute Gasteiger partial charge is 0.313 e. The topological polar surface area (TPSA) is 15.3 Å². The Bertz CT molecular complexity index is 169. The number of hydrogen-bond donors (Lipinski definition) is 1. The lowest BCUT2D eigenvalue weighted by Gasteiger charge is -2.34. The molecule has 14 heavy (non-hydrogen) atoms. The van der Waals surface area contributed by atoms with Crippen molar-refractivity contribution in [2.45, 2.75) is 37.5 Å². The van der Waals surface area contributed by atoms with E-state index >= 15 is 0 Å². The van der Waals surface area contributed by atoms with Crippen LogP contribution < -0.4 is 5.32 Å². The Morgan fingerprint density at radius 1 is 1.43 bits per heavy atom. The van der Waals surface area contributed by atoms with Gasteiger partial charge in [0.25, 0.3) is 0 Å². The van der Waals surface area contributed by atoms with E-state index < -0.39 is 0 Å². The molecule has 0 radical (unpaired) electrons. The van der Waals surface area contributed by atoms with Gasteiger partial charge in [-0.1, -0.05) is 13.3 Å². The molecule has 0 amide bonds. The van der Waals surface area contributed by atoms with E-state index in [1.165, 1.54) is 51.2 Å². The maximum atomic E-state index is 3.63. The Morgan fingerprint density at radius 3 is 3.07 bits per heavy atom. The van der Waals surface area contributed by atoms with Gasteiger partial charge in [-0.2, -0.15) is 11.8 Å². The number of hydrogen-bond acceptors (Lipinski definition) is 3. The van der Waals surface area contributed by atoms with E-state index in [4.69, 9.17) is 0 Å². The molecular formula is C11H22N2S. The first-order chi connectivity index (χ1) is 6.84. The molecular weight excluding hydrogens is 192 g/mol. The van der Waals surface area contributed by atoms with Crippen molar-refractivity contribution in [1.29, 1.82) is 0 Å². The van der Waals surface area contributed by atoms with Gasteiger partial charge in [0.05, 0.1) is 0 Å². The molecule has 2 nitrogen and oxygen atoms in total. The Balaban J connectivity index is 1.72. The van der Waals surface area contributed by atoms with Crippen LogP contribution in [0, 0.1) is 0 Å². The molecule has 2 aliphatic heterocycles. The van der Waals surface area contributed by atoms with Crippen molar-refractivity contribution in [3.8, 4) is 0 Å². The summed E-state index contributed by atoms with van der Waals surface area (Å²) in [5, 5.41) is 4.47. The second kappa shape index (κ2) is 5.38. The van der Waals surface area contributed by atoms with Crippen LogP contribution >= 0.6 is 11.8 Å². The zero-order valence-electron chi connectivity index (χ0n) is 9.17. The van der Waals surface area contributed by atoms with E-state index in [1.54, 1.807) is 0 Å². The second-order valence-corrected chi connectivity index (χ2v) is 6.13. The monoisotopic (exact) mass is 214 g/mol. The Morgan fingerprint density at radius 2 is 2.36 bits per heavy atom. The highest BCUT2D eigenvalue weighted by atomic mass is 32.2. The van der Waals surface area contributed by atoms with Crippen LogP contribution in [0.2, 0.25) is 0 Å². The number of nitrogens with zero attached hydrogens (tertiary/aromatic N) is 1. The van der Waals surface area contributed by atoms with E-state index in [2.05, 4.69) is 28.9 Å². The third-order valence-corrected chi connectivity index (χ3v) is 4.35. The molecule has 2 fully saturated rings. The summed E-state index contributed by atoms with van der Waals surface area (Å²) in [6.07, 6.45) is 4.19. The lowest BCUT2D eigenvalue weighted by atomic mass is 10.0. The van der Waals surface area contributed by atoms with Gasteiger partial charge in [-0.3, -0.25) is 4.90 Å². The summed E-state index contributed by atoms with van der Waals surface area (Å²) in [5.41, 5.74) is 0. The fourth-order valence-electron chi connectivity index (χ4n) is 2.45. The van der Waals surface area contributed by atoms with E-state index in [9.17, 15) is 0 Å². The Hall–Kier alpha value is 0.270. The SMILES string of the molecule is CC1CN(CC2CCCCN2)CCS1. The average Bonchev–Trinajstić information content (AvgIpc) is 2.19. The van der Waals surface area contributed by atoms with Gasteiger partial charge in [0.2, 0.25) is 0 Å². The highest BCUT2D eigenvalue weighted by molar-refractivity contribution is 7.99. The zero-order valence-corrected chi connectivity index (χ0v) is 9.98. The van der Waals surface area contributed by atoms with Crippen LogP contribution in [0.25, 0.3) is 0 Å². The van der Waals surface area contributed by atoms with Crippen molar-refractivity contribution in [2.24, 2.45) is 0 Å². The summed E-state index contributed by atoms with van der Waals surface area (Å²) in [6, 6.07) is 0.777. The fraction of sp³-hybridized carbons (Fsp3) is 1.00. The van der Waals surface area contributed by atoms with Crippen molar-refractivity contribution in [3.63, 3.8) is 0 Å². The molecule has 2 heterocycles. The number of rotatable bonds is 2. The lowest BCUT2D eigenvalue weighted by Crippen LogP contribution is -2.47. The van der Waals surface area contributed by atoms with E-state index in [1.807, 2.05) is 0 Å². The van der Waals surface area contributed by atoms with Crippen molar-refractivity contribution < 1.29 is 0 Å². The molecule has 2 rings (SSSR count). The molecule has 0 bridgehead atoms. The molecule has 2 saturated heterocycles. The van der Waals surface area contributed by atoms with E-state index in [-0.39, 0.29) is 0 Å². The summed E-state index contributed by atoms with van der Waals surface area (Å²) >= 11 is 2.12. The van der Waals surface area contributed by atoms with Gasteiger partial charge in [-0.25, -0.2) is 0 Å². The van der Waals surface area contributed by atoms with Crippen LogP contribution in [0.15, 0.2) is 0 Å². The highest BCUT2D eigenvalue weighted by Crippen LogP contribution is 2.18. The summed E-state index contributed by atoms with van der Waals surface area (Å²) in [6.45, 7) is 7.47. The Kier molecular flexibility index (Phi) is 4.14.